The molecule has 0 aliphatic carbocycles. The summed E-state index contributed by atoms with van der Waals surface area (Å²) < 4.78 is 0. The van der Waals surface area contributed by atoms with Gasteiger partial charge in [0, 0.05) is 0 Å². The molecule has 0 saturated heterocycles. The molecule has 41 heavy (non-hydrogen) atoms. The van der Waals surface area contributed by atoms with E-state index in [-0.39, 0.29) is 18.9 Å². The molecule has 3 atom stereocenters. The van der Waals surface area contributed by atoms with Gasteiger partial charge in [0.2, 0.25) is 5.91 Å². The quantitative estimate of drug-likeness (QED) is 0.0487. The molecule has 242 valence electrons. The summed E-state index contributed by atoms with van der Waals surface area (Å²) in [6, 6.07) is -0.742. The van der Waals surface area contributed by atoms with Crippen LogP contribution in [0.25, 0.3) is 0 Å². The molecule has 0 aromatic carbocycles. The third kappa shape index (κ3) is 28.7. The molecule has 3 unspecified atom stereocenters. The van der Waals surface area contributed by atoms with Crippen LogP contribution in [0.3, 0.4) is 0 Å². The van der Waals surface area contributed by atoms with Crippen molar-refractivity contribution in [1.29, 1.82) is 0 Å². The number of hydrogen-bond acceptors (Lipinski definition) is 4. The highest BCUT2D eigenvalue weighted by molar-refractivity contribution is 5.76. The summed E-state index contributed by atoms with van der Waals surface area (Å²) in [4.78, 5) is 12.3. The molecule has 0 bridgehead atoms. The standard InChI is InChI=1S/C36H69NO4/c1-3-5-7-9-11-13-15-17-19-21-23-25-27-29-33(39)31-36(41)37-34(32-38)35(40)30-28-26-24-22-20-18-16-14-12-10-8-6-4-2/h13,15,28,30,33-35,38-40H,3-12,14,16-27,29,31-32H2,1-2H3,(H,37,41)/b15-13-,30-28+. The number of hydrogen-bond donors (Lipinski definition) is 4. The van der Waals surface area contributed by atoms with E-state index >= 15 is 0 Å². The molecule has 0 aliphatic rings. The van der Waals surface area contributed by atoms with Crippen LogP contribution in [-0.4, -0.2) is 46.1 Å². The predicted molar refractivity (Wildman–Crippen MR) is 176 cm³/mol. The first kappa shape index (κ1) is 39.8. The van der Waals surface area contributed by atoms with Gasteiger partial charge in [0.05, 0.1) is 31.3 Å². The van der Waals surface area contributed by atoms with Crippen LogP contribution in [0.5, 0.6) is 0 Å². The van der Waals surface area contributed by atoms with E-state index in [1.54, 1.807) is 6.08 Å². The van der Waals surface area contributed by atoms with E-state index < -0.39 is 18.2 Å². The molecular weight excluding hydrogens is 510 g/mol. The average Bonchev–Trinajstić information content (AvgIpc) is 2.96. The first-order chi connectivity index (χ1) is 20.0. The second-order valence-corrected chi connectivity index (χ2v) is 12.1. The highest BCUT2D eigenvalue weighted by Gasteiger charge is 2.20. The summed E-state index contributed by atoms with van der Waals surface area (Å²) in [5, 5.41) is 33.0. The van der Waals surface area contributed by atoms with Crippen molar-refractivity contribution in [2.45, 2.75) is 193 Å². The van der Waals surface area contributed by atoms with Crippen LogP contribution in [-0.2, 0) is 4.79 Å². The van der Waals surface area contributed by atoms with E-state index in [0.717, 1.165) is 38.5 Å². The van der Waals surface area contributed by atoms with E-state index in [9.17, 15) is 20.1 Å². The second kappa shape index (κ2) is 31.8. The summed E-state index contributed by atoms with van der Waals surface area (Å²) >= 11 is 0. The predicted octanol–water partition coefficient (Wildman–Crippen LogP) is 9.09. The molecule has 0 aromatic heterocycles. The van der Waals surface area contributed by atoms with Crippen molar-refractivity contribution < 1.29 is 20.1 Å². The monoisotopic (exact) mass is 580 g/mol. The van der Waals surface area contributed by atoms with Crippen LogP contribution in [0, 0.1) is 0 Å². The van der Waals surface area contributed by atoms with E-state index in [0.29, 0.717) is 6.42 Å². The van der Waals surface area contributed by atoms with Crippen LogP contribution in [0.2, 0.25) is 0 Å². The van der Waals surface area contributed by atoms with Gasteiger partial charge < -0.3 is 20.6 Å². The Balaban J connectivity index is 3.78. The van der Waals surface area contributed by atoms with Crippen molar-refractivity contribution >= 4 is 5.91 Å². The van der Waals surface area contributed by atoms with Gasteiger partial charge in [-0.25, -0.2) is 0 Å². The first-order valence-electron chi connectivity index (χ1n) is 17.6. The Labute approximate surface area is 254 Å². The molecule has 1 amide bonds. The van der Waals surface area contributed by atoms with Crippen LogP contribution in [0.4, 0.5) is 0 Å². The summed E-state index contributed by atoms with van der Waals surface area (Å²) in [5.74, 6) is -0.323. The molecular formula is C36H69NO4. The number of carbonyl (C=O) groups excluding carboxylic acids is 1. The zero-order valence-corrected chi connectivity index (χ0v) is 27.2. The van der Waals surface area contributed by atoms with Gasteiger partial charge in [0.1, 0.15) is 0 Å². The number of carbonyl (C=O) groups is 1. The Hall–Kier alpha value is -1.17. The fourth-order valence-electron chi connectivity index (χ4n) is 5.21. The summed E-state index contributed by atoms with van der Waals surface area (Å²) in [5.41, 5.74) is 0. The number of nitrogens with one attached hydrogen (secondary N) is 1. The number of unbranched alkanes of at least 4 members (excludes halogenated alkanes) is 20. The Morgan fingerprint density at radius 1 is 0.610 bits per heavy atom. The van der Waals surface area contributed by atoms with E-state index in [2.05, 4.69) is 31.3 Å². The van der Waals surface area contributed by atoms with Crippen molar-refractivity contribution in [3.63, 3.8) is 0 Å². The van der Waals surface area contributed by atoms with Crippen molar-refractivity contribution in [2.75, 3.05) is 6.61 Å². The molecule has 0 heterocycles. The third-order valence-corrected chi connectivity index (χ3v) is 7.98. The van der Waals surface area contributed by atoms with Crippen LogP contribution < -0.4 is 5.32 Å². The number of amides is 1. The lowest BCUT2D eigenvalue weighted by molar-refractivity contribution is -0.124. The zero-order chi connectivity index (χ0) is 30.2. The highest BCUT2D eigenvalue weighted by atomic mass is 16.3. The van der Waals surface area contributed by atoms with Crippen molar-refractivity contribution in [3.8, 4) is 0 Å². The smallest absolute Gasteiger partial charge is 0.222 e. The van der Waals surface area contributed by atoms with Gasteiger partial charge in [-0.05, 0) is 44.9 Å². The molecule has 0 rings (SSSR count). The zero-order valence-electron chi connectivity index (χ0n) is 27.2. The van der Waals surface area contributed by atoms with Crippen molar-refractivity contribution in [1.82, 2.24) is 5.32 Å². The van der Waals surface area contributed by atoms with E-state index in [1.807, 2.05) is 6.08 Å². The van der Waals surface area contributed by atoms with Crippen molar-refractivity contribution in [3.05, 3.63) is 24.3 Å². The molecule has 0 aliphatic heterocycles. The van der Waals surface area contributed by atoms with Crippen LogP contribution in [0.1, 0.15) is 174 Å². The average molecular weight is 580 g/mol. The molecule has 5 heteroatoms. The molecule has 4 N–H and O–H groups in total. The lowest BCUT2D eigenvalue weighted by atomic mass is 10.0. The van der Waals surface area contributed by atoms with Gasteiger partial charge in [0.25, 0.3) is 0 Å². The Bertz CT molecular complexity index is 606. The largest absolute Gasteiger partial charge is 0.394 e. The summed E-state index contributed by atoms with van der Waals surface area (Å²) in [6.07, 6.45) is 35.8. The maximum absolute atomic E-state index is 12.3. The van der Waals surface area contributed by atoms with E-state index in [4.69, 9.17) is 0 Å². The summed E-state index contributed by atoms with van der Waals surface area (Å²) in [7, 11) is 0. The lowest BCUT2D eigenvalue weighted by Gasteiger charge is -2.21. The molecule has 0 aromatic rings. The summed E-state index contributed by atoms with van der Waals surface area (Å²) in [6.45, 7) is 4.17. The van der Waals surface area contributed by atoms with Gasteiger partial charge >= 0.3 is 0 Å². The minimum Gasteiger partial charge on any atom is -0.394 e. The van der Waals surface area contributed by atoms with Gasteiger partial charge in [-0.1, -0.05) is 147 Å². The Morgan fingerprint density at radius 3 is 1.51 bits per heavy atom. The number of rotatable bonds is 31. The maximum Gasteiger partial charge on any atom is 0.222 e. The van der Waals surface area contributed by atoms with Crippen LogP contribution >= 0.6 is 0 Å². The van der Waals surface area contributed by atoms with Gasteiger partial charge in [-0.3, -0.25) is 4.79 Å². The third-order valence-electron chi connectivity index (χ3n) is 7.98. The van der Waals surface area contributed by atoms with Crippen molar-refractivity contribution in [2.24, 2.45) is 0 Å². The Morgan fingerprint density at radius 2 is 1.02 bits per heavy atom. The Kier molecular flexibility index (Phi) is 30.9. The fourth-order valence-corrected chi connectivity index (χ4v) is 5.21. The number of allylic oxidation sites excluding steroid dienone is 3. The number of aliphatic hydroxyl groups excluding tert-OH is 3. The van der Waals surface area contributed by atoms with Gasteiger partial charge in [0.15, 0.2) is 0 Å². The second-order valence-electron chi connectivity index (χ2n) is 12.1. The molecule has 5 nitrogen and oxygen atoms in total. The van der Waals surface area contributed by atoms with Crippen LogP contribution in [0.15, 0.2) is 24.3 Å². The molecule has 0 saturated carbocycles. The van der Waals surface area contributed by atoms with Gasteiger partial charge in [-0.15, -0.1) is 0 Å². The number of aliphatic hydroxyl groups is 3. The normalized spacial score (nSPS) is 14.2. The SMILES string of the molecule is CCCCCC/C=C\CCCCCCCC(O)CC(=O)NC(CO)C(O)/C=C/CCCCCCCCCCCCC. The highest BCUT2D eigenvalue weighted by Crippen LogP contribution is 2.13. The molecule has 0 fully saturated rings. The topological polar surface area (TPSA) is 89.8 Å². The minimum absolute atomic E-state index is 0.00866. The molecule has 0 spiro atoms. The van der Waals surface area contributed by atoms with Gasteiger partial charge in [-0.2, -0.15) is 0 Å². The lowest BCUT2D eigenvalue weighted by Crippen LogP contribution is -2.45. The minimum atomic E-state index is -0.926. The fraction of sp³-hybridized carbons (Fsp3) is 0.861. The molecule has 0 radical (unpaired) electrons. The first-order valence-corrected chi connectivity index (χ1v) is 17.6. The van der Waals surface area contributed by atoms with E-state index in [1.165, 1.54) is 109 Å². The maximum atomic E-state index is 12.3.